The first kappa shape index (κ1) is 14.0. The van der Waals surface area contributed by atoms with Gasteiger partial charge in [-0.2, -0.15) is 0 Å². The summed E-state index contributed by atoms with van der Waals surface area (Å²) in [7, 11) is 0. The molecule has 1 aromatic carbocycles. The lowest BCUT2D eigenvalue weighted by Crippen LogP contribution is -2.36. The minimum Gasteiger partial charge on any atom is -0.311 e. The predicted molar refractivity (Wildman–Crippen MR) is 88.9 cm³/mol. The molecule has 2 aliphatic rings. The number of para-hydroxylation sites is 1. The average molecular weight is 306 g/mol. The van der Waals surface area contributed by atoms with Gasteiger partial charge in [-0.05, 0) is 24.5 Å². The Balaban J connectivity index is 1.74. The van der Waals surface area contributed by atoms with E-state index in [2.05, 4.69) is 24.0 Å². The number of amides is 1. The molecule has 0 saturated carbocycles. The van der Waals surface area contributed by atoms with E-state index in [-0.39, 0.29) is 11.2 Å². The molecule has 0 N–H and O–H groups in total. The van der Waals surface area contributed by atoms with Gasteiger partial charge in [-0.1, -0.05) is 48.6 Å². The first-order valence-corrected chi connectivity index (χ1v) is 8.89. The molecule has 0 spiro atoms. The first-order chi connectivity index (χ1) is 9.79. The fourth-order valence-electron chi connectivity index (χ4n) is 2.56. The monoisotopic (exact) mass is 306 g/mol. The molecule has 1 aromatic rings. The van der Waals surface area contributed by atoms with Gasteiger partial charge < -0.3 is 4.90 Å². The van der Waals surface area contributed by atoms with Gasteiger partial charge in [-0.3, -0.25) is 9.79 Å². The van der Waals surface area contributed by atoms with Crippen molar-refractivity contribution in [1.82, 2.24) is 0 Å². The Morgan fingerprint density at radius 3 is 3.10 bits per heavy atom. The zero-order valence-electron chi connectivity index (χ0n) is 11.5. The number of carbonyl (C=O) groups is 1. The molecule has 0 radical (unpaired) electrons. The van der Waals surface area contributed by atoms with Crippen LogP contribution in [0.4, 0.5) is 5.69 Å². The van der Waals surface area contributed by atoms with E-state index >= 15 is 0 Å². The summed E-state index contributed by atoms with van der Waals surface area (Å²) in [5, 5.41) is -0.00879. The second-order valence-corrected chi connectivity index (χ2v) is 7.41. The molecule has 0 aliphatic carbocycles. The third-order valence-electron chi connectivity index (χ3n) is 3.60. The number of aliphatic imine (C=N–C) groups is 1. The number of carbonyl (C=O) groups excluding carboxylic acids is 1. The van der Waals surface area contributed by atoms with E-state index in [1.807, 2.05) is 17.0 Å². The number of anilines is 1. The summed E-state index contributed by atoms with van der Waals surface area (Å²) < 4.78 is 1.08. The predicted octanol–water partition coefficient (Wildman–Crippen LogP) is 3.19. The fourth-order valence-corrected chi connectivity index (χ4v) is 4.77. The van der Waals surface area contributed by atoms with Crippen LogP contribution in [0.25, 0.3) is 0 Å². The molecule has 2 aliphatic heterocycles. The molecule has 1 unspecified atom stereocenters. The molecular formula is C15H18N2OS2. The molecule has 0 bridgehead atoms. The van der Waals surface area contributed by atoms with E-state index in [4.69, 9.17) is 0 Å². The highest BCUT2D eigenvalue weighted by atomic mass is 32.2. The number of nitrogens with zero attached hydrogens (tertiary/aromatic N) is 2. The Morgan fingerprint density at radius 2 is 2.35 bits per heavy atom. The van der Waals surface area contributed by atoms with Crippen LogP contribution in [0.1, 0.15) is 18.9 Å². The molecule has 5 heteroatoms. The lowest BCUT2D eigenvalue weighted by atomic mass is 10.2. The topological polar surface area (TPSA) is 32.7 Å². The van der Waals surface area contributed by atoms with Crippen molar-refractivity contribution in [2.24, 2.45) is 4.99 Å². The second-order valence-electron chi connectivity index (χ2n) is 4.88. The largest absolute Gasteiger partial charge is 0.311 e. The zero-order valence-corrected chi connectivity index (χ0v) is 13.2. The van der Waals surface area contributed by atoms with E-state index < -0.39 is 0 Å². The fraction of sp³-hybridized carbons (Fsp3) is 0.467. The molecule has 1 atom stereocenters. The van der Waals surface area contributed by atoms with Gasteiger partial charge in [0.25, 0.3) is 0 Å². The van der Waals surface area contributed by atoms with Crippen molar-refractivity contribution in [2.45, 2.75) is 25.0 Å². The normalized spacial score (nSPS) is 18.9. The van der Waals surface area contributed by atoms with E-state index in [1.165, 1.54) is 5.56 Å². The lowest BCUT2D eigenvalue weighted by Gasteiger charge is -2.22. The minimum atomic E-state index is -0.00879. The van der Waals surface area contributed by atoms with E-state index in [0.29, 0.717) is 0 Å². The van der Waals surface area contributed by atoms with Crippen LogP contribution >= 0.6 is 23.5 Å². The van der Waals surface area contributed by atoms with Gasteiger partial charge in [0.1, 0.15) is 4.38 Å². The molecular weight excluding hydrogens is 288 g/mol. The van der Waals surface area contributed by atoms with Gasteiger partial charge in [0.2, 0.25) is 5.91 Å². The number of rotatable bonds is 3. The van der Waals surface area contributed by atoms with Crippen LogP contribution in [-0.2, 0) is 11.2 Å². The van der Waals surface area contributed by atoms with Crippen molar-refractivity contribution >= 4 is 39.5 Å². The average Bonchev–Trinajstić information content (AvgIpc) is 3.13. The number of fused-ring (bicyclic) bond motifs is 1. The number of benzene rings is 1. The maximum Gasteiger partial charge on any atom is 0.240 e. The second kappa shape index (κ2) is 6.22. The van der Waals surface area contributed by atoms with Crippen molar-refractivity contribution in [3.05, 3.63) is 29.8 Å². The summed E-state index contributed by atoms with van der Waals surface area (Å²) in [6.07, 6.45) is 1.82. The van der Waals surface area contributed by atoms with Gasteiger partial charge in [-0.25, -0.2) is 0 Å². The van der Waals surface area contributed by atoms with Crippen LogP contribution in [0.3, 0.4) is 0 Å². The molecule has 0 aromatic heterocycles. The van der Waals surface area contributed by atoms with E-state index in [9.17, 15) is 4.79 Å². The van der Waals surface area contributed by atoms with Crippen LogP contribution in [0.2, 0.25) is 0 Å². The molecule has 3 rings (SSSR count). The van der Waals surface area contributed by atoms with E-state index in [0.717, 1.165) is 41.7 Å². The van der Waals surface area contributed by atoms with Gasteiger partial charge in [0.15, 0.2) is 0 Å². The molecule has 20 heavy (non-hydrogen) atoms. The number of hydrogen-bond donors (Lipinski definition) is 0. The maximum absolute atomic E-state index is 12.8. The first-order valence-electron chi connectivity index (χ1n) is 7.02. The molecule has 3 nitrogen and oxygen atoms in total. The molecule has 2 heterocycles. The van der Waals surface area contributed by atoms with Crippen molar-refractivity contribution in [2.75, 3.05) is 23.7 Å². The van der Waals surface area contributed by atoms with Crippen LogP contribution in [-0.4, -0.2) is 34.4 Å². The number of hydrogen-bond acceptors (Lipinski definition) is 4. The summed E-state index contributed by atoms with van der Waals surface area (Å²) in [5.74, 6) is 1.29. The Hall–Kier alpha value is -0.940. The SMILES string of the molecule is CCC(SC1=NCCS1)C(=O)N1CCc2ccccc21. The van der Waals surface area contributed by atoms with Crippen LogP contribution in [0.5, 0.6) is 0 Å². The minimum absolute atomic E-state index is 0.00879. The highest BCUT2D eigenvalue weighted by Crippen LogP contribution is 2.33. The van der Waals surface area contributed by atoms with Gasteiger partial charge in [0, 0.05) is 18.0 Å². The summed E-state index contributed by atoms with van der Waals surface area (Å²) in [6.45, 7) is 3.79. The van der Waals surface area contributed by atoms with Crippen LogP contribution < -0.4 is 4.90 Å². The Morgan fingerprint density at radius 1 is 1.50 bits per heavy atom. The van der Waals surface area contributed by atoms with Gasteiger partial charge >= 0.3 is 0 Å². The smallest absolute Gasteiger partial charge is 0.240 e. The summed E-state index contributed by atoms with van der Waals surface area (Å²) in [5.41, 5.74) is 2.38. The highest BCUT2D eigenvalue weighted by molar-refractivity contribution is 8.39. The third kappa shape index (κ3) is 2.74. The standard InChI is InChI=1S/C15H18N2OS2/c1-2-13(20-15-16-8-10-19-15)14(18)17-9-7-11-5-3-4-6-12(11)17/h3-6,13H,2,7-10H2,1H3. The number of thioether (sulfide) groups is 2. The van der Waals surface area contributed by atoms with Crippen LogP contribution in [0.15, 0.2) is 29.3 Å². The molecule has 0 fully saturated rings. The van der Waals surface area contributed by atoms with Crippen molar-refractivity contribution in [1.29, 1.82) is 0 Å². The lowest BCUT2D eigenvalue weighted by molar-refractivity contribution is -0.118. The van der Waals surface area contributed by atoms with Gasteiger partial charge in [-0.15, -0.1) is 0 Å². The maximum atomic E-state index is 12.8. The quantitative estimate of drug-likeness (QED) is 0.860. The Bertz CT molecular complexity index is 544. The third-order valence-corrected chi connectivity index (χ3v) is 6.16. The molecule has 1 amide bonds. The summed E-state index contributed by atoms with van der Waals surface area (Å²) in [4.78, 5) is 19.2. The summed E-state index contributed by atoms with van der Waals surface area (Å²) in [6, 6.07) is 8.23. The molecule has 0 saturated heterocycles. The van der Waals surface area contributed by atoms with E-state index in [1.54, 1.807) is 23.5 Å². The highest BCUT2D eigenvalue weighted by Gasteiger charge is 2.30. The molecule has 106 valence electrons. The zero-order chi connectivity index (χ0) is 13.9. The van der Waals surface area contributed by atoms with Gasteiger partial charge in [0.05, 0.1) is 11.8 Å². The van der Waals surface area contributed by atoms with Crippen LogP contribution in [0, 0.1) is 0 Å². The Labute approximate surface area is 128 Å². The Kier molecular flexibility index (Phi) is 4.36. The van der Waals surface area contributed by atoms with Crippen molar-refractivity contribution in [3.63, 3.8) is 0 Å². The van der Waals surface area contributed by atoms with Crippen molar-refractivity contribution < 1.29 is 4.79 Å². The summed E-state index contributed by atoms with van der Waals surface area (Å²) >= 11 is 3.42. The van der Waals surface area contributed by atoms with Crippen molar-refractivity contribution in [3.8, 4) is 0 Å².